The highest BCUT2D eigenvalue weighted by Crippen LogP contribution is 2.33. The number of ether oxygens (including phenoxy) is 3. The van der Waals surface area contributed by atoms with Gasteiger partial charge in [0.25, 0.3) is 0 Å². The molecule has 0 spiro atoms. The fraction of sp³-hybridized carbons (Fsp3) is 0.932. The molecule has 0 saturated heterocycles. The van der Waals surface area contributed by atoms with Gasteiger partial charge in [0.2, 0.25) is 10.5 Å². The molecule has 21 heteroatoms. The summed E-state index contributed by atoms with van der Waals surface area (Å²) < 4.78 is 18.6. The van der Waals surface area contributed by atoms with Crippen LogP contribution < -0.4 is 0 Å². The maximum atomic E-state index is 14.2. The van der Waals surface area contributed by atoms with Gasteiger partial charge in [-0.25, -0.2) is 0 Å². The summed E-state index contributed by atoms with van der Waals surface area (Å²) in [6.07, 6.45) is 65.4. The number of unbranched alkanes of at least 4 members (excludes halogenated alkanes) is 6. The maximum absolute atomic E-state index is 14.2. The van der Waals surface area contributed by atoms with Gasteiger partial charge in [0.1, 0.15) is 19.3 Å². The van der Waals surface area contributed by atoms with Crippen molar-refractivity contribution in [1.29, 1.82) is 0 Å². The molecule has 0 aliphatic carbocycles. The number of carbonyl (C=O) groups is 8. The van der Waals surface area contributed by atoms with E-state index < -0.39 is 28.7 Å². The topological polar surface area (TPSA) is 245 Å². The molecule has 0 aromatic heterocycles. The van der Waals surface area contributed by atoms with Crippen LogP contribution in [0.2, 0.25) is 0 Å². The van der Waals surface area contributed by atoms with Crippen molar-refractivity contribution in [2.45, 2.75) is 571 Å². The first-order valence-electron chi connectivity index (χ1n) is 57.2. The van der Waals surface area contributed by atoms with E-state index in [9.17, 15) is 43.5 Å². The summed E-state index contributed by atoms with van der Waals surface area (Å²) in [5, 5.41) is 31.0. The molecule has 0 saturated carbocycles. The van der Waals surface area contributed by atoms with Crippen LogP contribution in [0.1, 0.15) is 559 Å². The van der Waals surface area contributed by atoms with Crippen LogP contribution in [0.3, 0.4) is 0 Å². The van der Waals surface area contributed by atoms with Gasteiger partial charge in [0.15, 0.2) is 6.10 Å². The molecule has 0 radical (unpaired) electrons. The Kier molecular flexibility index (Phi) is 121. The van der Waals surface area contributed by atoms with Crippen molar-refractivity contribution in [2.24, 2.45) is 107 Å². The average molecular weight is 2100 g/mol. The first kappa shape index (κ1) is 152. The predicted molar refractivity (Wildman–Crippen MR) is 602 cm³/mol. The highest BCUT2D eigenvalue weighted by Gasteiger charge is 2.31. The molecule has 0 aromatic carbocycles. The van der Waals surface area contributed by atoms with Gasteiger partial charge in [-0.3, -0.25) is 38.4 Å². The highest BCUT2D eigenvalue weighted by molar-refractivity contribution is 6.97. The molecule has 18 atom stereocenters. The molecule has 18 unspecified atom stereocenters. The van der Waals surface area contributed by atoms with Gasteiger partial charge in [-0.15, -0.1) is 23.2 Å². The summed E-state index contributed by atoms with van der Waals surface area (Å²) in [6, 6.07) is 0. The number of carboxylic acids is 1. The number of aliphatic hydroxyl groups is 3. The number of hydrogen-bond acceptors (Lipinski definition) is 14. The minimum absolute atomic E-state index is 0. The van der Waals surface area contributed by atoms with Crippen LogP contribution in [0.25, 0.3) is 0 Å². The molecule has 139 heavy (non-hydrogen) atoms. The molecule has 4 N–H and O–H groups in total. The van der Waals surface area contributed by atoms with Crippen LogP contribution in [0.4, 0.5) is 0 Å². The standard InChI is InChI=1S/C57H110O6.2C18H35ClO.C18H36O2.C3H8O3.C2Cl2O2.CH2Cl2.CH4/c1-13-25-45(7)31-19-22-34-51(40-37-48(10)28-16-4)55(58)61-43-54(63-57(60)53(42-39-50(12)30-18-6)36-24-21-33-47(9)27-15-3)44-62-56(59)52(41-38-49(11)29-17-5)35-23-20-32-46(8)26-14-2;3*1-5-9-15(3)11-7-8-12-17(18(19)20)14-13-16(4)10-6-2;4-1-3(6)2-5;3-1(5)2(4)6;2-1-3;/h45-54H,13-44H2,1-12H3;2*15-17H,5-14H2,1-4H3;15-17H,5-14H2,1-4H3,(H,19,20);3-6H,1-2H2;;1H2;1H4. The van der Waals surface area contributed by atoms with Crippen molar-refractivity contribution >= 4 is 114 Å². The van der Waals surface area contributed by atoms with Gasteiger partial charge in [-0.05, 0) is 233 Å². The Hall–Kier alpha value is -1.82. The summed E-state index contributed by atoms with van der Waals surface area (Å²) >= 11 is 30.0. The van der Waals surface area contributed by atoms with Crippen molar-refractivity contribution in [2.75, 3.05) is 31.8 Å². The lowest BCUT2D eigenvalue weighted by molar-refractivity contribution is -0.173. The minimum Gasteiger partial charge on any atom is -0.481 e. The van der Waals surface area contributed by atoms with Gasteiger partial charge in [-0.2, -0.15) is 0 Å². The monoisotopic (exact) mass is 2100 g/mol. The molecule has 0 aliphatic rings. The second kappa shape index (κ2) is 110. The second-order valence-electron chi connectivity index (χ2n) is 43.0. The van der Waals surface area contributed by atoms with Gasteiger partial charge in [0.05, 0.1) is 42.2 Å². The lowest BCUT2D eigenvalue weighted by atomic mass is 9.89. The van der Waals surface area contributed by atoms with E-state index in [4.69, 9.17) is 75.9 Å². The minimum atomic E-state index is -1.14. The number of carboxylic acid groups (broad SMARTS) is 1. The molecule has 0 rings (SSSR count). The Morgan fingerprint density at radius 3 is 0.561 bits per heavy atom. The van der Waals surface area contributed by atoms with Crippen molar-refractivity contribution in [1.82, 2.24) is 0 Å². The van der Waals surface area contributed by atoms with Crippen molar-refractivity contribution < 1.29 is 73.0 Å². The van der Waals surface area contributed by atoms with Gasteiger partial charge in [-0.1, -0.05) is 443 Å². The van der Waals surface area contributed by atoms with E-state index in [0.29, 0.717) is 41.4 Å². The lowest BCUT2D eigenvalue weighted by Crippen LogP contribution is -2.35. The van der Waals surface area contributed by atoms with Crippen molar-refractivity contribution in [3.05, 3.63) is 0 Å². The summed E-state index contributed by atoms with van der Waals surface area (Å²) in [6.45, 7) is 53.6. The Bertz CT molecular complexity index is 2510. The first-order valence-corrected chi connectivity index (χ1v) is 59.8. The molecular formula is C118H230Cl6O15. The van der Waals surface area contributed by atoms with Crippen LogP contribution >= 0.6 is 69.6 Å². The van der Waals surface area contributed by atoms with E-state index in [0.717, 1.165) is 241 Å². The molecule has 0 amide bonds. The Labute approximate surface area is 890 Å². The van der Waals surface area contributed by atoms with E-state index in [1.165, 1.54) is 173 Å². The van der Waals surface area contributed by atoms with Crippen LogP contribution in [0, 0.1) is 107 Å². The third-order valence-electron chi connectivity index (χ3n) is 28.1. The van der Waals surface area contributed by atoms with E-state index in [-0.39, 0.29) is 103 Å². The normalized spacial score (nSPS) is 15.2. The number of esters is 3. The quantitative estimate of drug-likeness (QED) is 0.0110. The highest BCUT2D eigenvalue weighted by atomic mass is 35.5. The number of halogens is 6. The zero-order valence-corrected chi connectivity index (χ0v) is 98.6. The third kappa shape index (κ3) is 106. The zero-order valence-electron chi connectivity index (χ0n) is 94.1. The summed E-state index contributed by atoms with van der Waals surface area (Å²) in [7, 11) is 0. The smallest absolute Gasteiger partial charge is 0.309 e. The van der Waals surface area contributed by atoms with E-state index in [1.807, 2.05) is 0 Å². The van der Waals surface area contributed by atoms with E-state index >= 15 is 0 Å². The number of carbonyl (C=O) groups excluding carboxylic acids is 7. The summed E-state index contributed by atoms with van der Waals surface area (Å²) in [5.74, 6) is 6.66. The molecule has 15 nitrogen and oxygen atoms in total. The number of aliphatic carboxylic acids is 1. The number of hydrogen-bond donors (Lipinski definition) is 4. The third-order valence-corrected chi connectivity index (χ3v) is 29.2. The van der Waals surface area contributed by atoms with Crippen LogP contribution in [-0.4, -0.2) is 109 Å². The molecule has 0 aromatic rings. The Balaban J connectivity index is -0.000000302. The van der Waals surface area contributed by atoms with Gasteiger partial charge < -0.3 is 34.6 Å². The van der Waals surface area contributed by atoms with Crippen molar-refractivity contribution in [3.63, 3.8) is 0 Å². The molecule has 0 heterocycles. The van der Waals surface area contributed by atoms with Crippen LogP contribution in [0.5, 0.6) is 0 Å². The van der Waals surface area contributed by atoms with Gasteiger partial charge in [0, 0.05) is 11.8 Å². The Morgan fingerprint density at radius 1 is 0.237 bits per heavy atom. The number of rotatable bonds is 86. The van der Waals surface area contributed by atoms with E-state index in [2.05, 4.69) is 189 Å². The maximum Gasteiger partial charge on any atom is 0.309 e. The fourth-order valence-electron chi connectivity index (χ4n) is 19.2. The lowest BCUT2D eigenvalue weighted by Gasteiger charge is -2.25. The molecular weight excluding hydrogens is 1870 g/mol. The zero-order chi connectivity index (χ0) is 106. The molecule has 834 valence electrons. The summed E-state index contributed by atoms with van der Waals surface area (Å²) in [4.78, 5) is 95.4. The first-order chi connectivity index (χ1) is 65.6. The summed E-state index contributed by atoms with van der Waals surface area (Å²) in [5.41, 5.74) is 0. The van der Waals surface area contributed by atoms with Crippen LogP contribution in [0.15, 0.2) is 0 Å². The van der Waals surface area contributed by atoms with E-state index in [1.54, 1.807) is 0 Å². The fourth-order valence-corrected chi connectivity index (χ4v) is 19.6. The Morgan fingerprint density at radius 2 is 0.396 bits per heavy atom. The number of aliphatic hydroxyl groups excluding tert-OH is 3. The SMILES string of the molecule is C.CCCC(C)CCCCC(CCC(C)CCC)C(=O)Cl.CCCC(C)CCCCC(CCC(C)CCC)C(=O)Cl.CCCC(C)CCCCC(CCC(C)CCC)C(=O)O.CCCC(C)CCCCC(CCC(C)CCC)C(=O)OCC(COC(=O)C(CCCCC(C)CCC)CCC(C)CCC)OC(=O)C(CCCCC(C)CCC)CCC(C)CCC.ClCCl.O=C(Cl)C(=O)Cl.OCC(O)CO. The predicted octanol–water partition coefficient (Wildman–Crippen LogP) is 37.4. The second-order valence-corrected chi connectivity index (χ2v) is 45.3. The number of alkyl halides is 2. The largest absolute Gasteiger partial charge is 0.481 e. The van der Waals surface area contributed by atoms with Crippen molar-refractivity contribution in [3.8, 4) is 0 Å². The molecule has 0 fully saturated rings. The molecule has 0 aliphatic heterocycles. The van der Waals surface area contributed by atoms with Gasteiger partial charge >= 0.3 is 34.4 Å². The van der Waals surface area contributed by atoms with Crippen LogP contribution in [-0.2, 0) is 52.6 Å². The molecule has 0 bridgehead atoms. The average Bonchev–Trinajstić information content (AvgIpc) is 0.886.